The van der Waals surface area contributed by atoms with Crippen LogP contribution < -0.4 is 0 Å². The minimum absolute atomic E-state index is 0.0759. The van der Waals surface area contributed by atoms with E-state index in [1.54, 1.807) is 0 Å². The highest BCUT2D eigenvalue weighted by atomic mass is 16.5. The Morgan fingerprint density at radius 1 is 1.15 bits per heavy atom. The molecular weight excluding hydrogens is 160 g/mol. The van der Waals surface area contributed by atoms with Crippen molar-refractivity contribution >= 4 is 0 Å². The molecule has 0 radical (unpaired) electrons. The second-order valence-electron chi connectivity index (χ2n) is 6.10. The van der Waals surface area contributed by atoms with Crippen LogP contribution in [0, 0.1) is 11.3 Å². The molecule has 76 valence electrons. The Balaban J connectivity index is 2.37. The summed E-state index contributed by atoms with van der Waals surface area (Å²) in [5.41, 5.74) is 0.636. The van der Waals surface area contributed by atoms with Crippen molar-refractivity contribution in [2.24, 2.45) is 11.3 Å². The van der Waals surface area contributed by atoms with Gasteiger partial charge >= 0.3 is 0 Å². The summed E-state index contributed by atoms with van der Waals surface area (Å²) in [6, 6.07) is 0. The molecular formula is C12H22O. The van der Waals surface area contributed by atoms with Crippen LogP contribution in [0.2, 0.25) is 0 Å². The molecule has 2 fully saturated rings. The van der Waals surface area contributed by atoms with Crippen LogP contribution in [-0.4, -0.2) is 11.2 Å². The molecule has 2 bridgehead atoms. The van der Waals surface area contributed by atoms with Gasteiger partial charge in [-0.1, -0.05) is 13.8 Å². The summed E-state index contributed by atoms with van der Waals surface area (Å²) in [6.45, 7) is 11.5. The standard InChI is InChI=1S/C12H22O/c1-9-6-7-11(4)8-12(9,5)13-10(11,2)3/h9H,6-8H2,1-5H3. The number of hydrogen-bond acceptors (Lipinski definition) is 1. The Morgan fingerprint density at radius 2 is 1.77 bits per heavy atom. The average Bonchev–Trinajstić information content (AvgIpc) is 2.10. The van der Waals surface area contributed by atoms with Crippen molar-refractivity contribution in [1.29, 1.82) is 0 Å². The molecule has 13 heavy (non-hydrogen) atoms. The fourth-order valence-corrected chi connectivity index (χ4v) is 3.23. The quantitative estimate of drug-likeness (QED) is 0.558. The van der Waals surface area contributed by atoms with Crippen LogP contribution >= 0.6 is 0 Å². The molecule has 0 spiro atoms. The number of fused-ring (bicyclic) bond motifs is 2. The van der Waals surface area contributed by atoms with Crippen LogP contribution in [0.4, 0.5) is 0 Å². The molecule has 3 unspecified atom stereocenters. The van der Waals surface area contributed by atoms with E-state index in [1.807, 2.05) is 0 Å². The summed E-state index contributed by atoms with van der Waals surface area (Å²) in [4.78, 5) is 0. The molecule has 0 aromatic rings. The van der Waals surface area contributed by atoms with E-state index in [4.69, 9.17) is 4.74 Å². The summed E-state index contributed by atoms with van der Waals surface area (Å²) >= 11 is 0. The Morgan fingerprint density at radius 3 is 2.31 bits per heavy atom. The minimum Gasteiger partial charge on any atom is -0.369 e. The van der Waals surface area contributed by atoms with E-state index in [-0.39, 0.29) is 11.2 Å². The summed E-state index contributed by atoms with van der Waals surface area (Å²) in [6.07, 6.45) is 3.90. The largest absolute Gasteiger partial charge is 0.369 e. The lowest BCUT2D eigenvalue weighted by molar-refractivity contribution is -0.106. The van der Waals surface area contributed by atoms with Gasteiger partial charge in [-0.15, -0.1) is 0 Å². The average molecular weight is 182 g/mol. The lowest BCUT2D eigenvalue weighted by atomic mass is 9.62. The van der Waals surface area contributed by atoms with Crippen molar-refractivity contribution in [3.05, 3.63) is 0 Å². The normalized spacial score (nSPS) is 53.8. The lowest BCUT2D eigenvalue weighted by Crippen LogP contribution is -2.38. The molecule has 3 atom stereocenters. The molecule has 0 amide bonds. The smallest absolute Gasteiger partial charge is 0.0693 e. The molecule has 0 aromatic heterocycles. The van der Waals surface area contributed by atoms with Gasteiger partial charge in [0.25, 0.3) is 0 Å². The van der Waals surface area contributed by atoms with E-state index >= 15 is 0 Å². The molecule has 1 nitrogen and oxygen atoms in total. The highest BCUT2D eigenvalue weighted by Gasteiger charge is 2.60. The molecule has 0 N–H and O–H groups in total. The molecule has 1 heteroatoms. The van der Waals surface area contributed by atoms with Gasteiger partial charge in [-0.25, -0.2) is 0 Å². The highest BCUT2D eigenvalue weighted by Crippen LogP contribution is 2.60. The first kappa shape index (κ1) is 9.51. The SMILES string of the molecule is CC1CCC2(C)CC1(C)OC2(C)C. The van der Waals surface area contributed by atoms with Crippen LogP contribution in [-0.2, 0) is 4.74 Å². The number of hydrogen-bond donors (Lipinski definition) is 0. The van der Waals surface area contributed by atoms with Crippen molar-refractivity contribution in [2.75, 3.05) is 0 Å². The first-order valence-corrected chi connectivity index (χ1v) is 5.49. The third-order valence-electron chi connectivity index (χ3n) is 4.85. The van der Waals surface area contributed by atoms with Crippen molar-refractivity contribution < 1.29 is 4.74 Å². The topological polar surface area (TPSA) is 9.23 Å². The van der Waals surface area contributed by atoms with Gasteiger partial charge in [0.15, 0.2) is 0 Å². The Hall–Kier alpha value is -0.0400. The monoisotopic (exact) mass is 182 g/mol. The van der Waals surface area contributed by atoms with Crippen molar-refractivity contribution in [2.45, 2.75) is 65.1 Å². The molecule has 1 saturated carbocycles. The number of rotatable bonds is 0. The van der Waals surface area contributed by atoms with Gasteiger partial charge in [0.2, 0.25) is 0 Å². The predicted molar refractivity (Wildman–Crippen MR) is 54.7 cm³/mol. The third kappa shape index (κ3) is 1.09. The second kappa shape index (κ2) is 2.31. The van der Waals surface area contributed by atoms with E-state index in [2.05, 4.69) is 34.6 Å². The van der Waals surface area contributed by atoms with Gasteiger partial charge in [0, 0.05) is 0 Å². The van der Waals surface area contributed by atoms with Crippen LogP contribution in [0.15, 0.2) is 0 Å². The van der Waals surface area contributed by atoms with Crippen molar-refractivity contribution in [3.8, 4) is 0 Å². The van der Waals surface area contributed by atoms with Gasteiger partial charge in [-0.05, 0) is 51.4 Å². The maximum absolute atomic E-state index is 6.28. The number of ether oxygens (including phenoxy) is 1. The minimum atomic E-state index is 0.0759. The zero-order valence-corrected chi connectivity index (χ0v) is 9.61. The van der Waals surface area contributed by atoms with Gasteiger partial charge < -0.3 is 4.74 Å². The molecule has 1 aliphatic heterocycles. The molecule has 1 saturated heterocycles. The van der Waals surface area contributed by atoms with Crippen molar-refractivity contribution in [1.82, 2.24) is 0 Å². The van der Waals surface area contributed by atoms with E-state index in [0.717, 1.165) is 5.92 Å². The second-order valence-corrected chi connectivity index (χ2v) is 6.10. The first-order chi connectivity index (χ1) is 5.79. The summed E-state index contributed by atoms with van der Waals surface area (Å²) in [5, 5.41) is 0. The fraction of sp³-hybridized carbons (Fsp3) is 1.00. The van der Waals surface area contributed by atoms with Gasteiger partial charge in [0.1, 0.15) is 0 Å². The summed E-state index contributed by atoms with van der Waals surface area (Å²) in [5.74, 6) is 0.724. The van der Waals surface area contributed by atoms with E-state index in [1.165, 1.54) is 19.3 Å². The molecule has 2 rings (SSSR count). The van der Waals surface area contributed by atoms with E-state index in [0.29, 0.717) is 5.41 Å². The van der Waals surface area contributed by atoms with Gasteiger partial charge in [-0.3, -0.25) is 0 Å². The molecule has 1 aliphatic carbocycles. The molecule has 2 aliphatic rings. The fourth-order valence-electron chi connectivity index (χ4n) is 3.23. The Bertz CT molecular complexity index is 229. The maximum atomic E-state index is 6.28. The third-order valence-corrected chi connectivity index (χ3v) is 4.85. The lowest BCUT2D eigenvalue weighted by Gasteiger charge is -2.39. The van der Waals surface area contributed by atoms with Crippen LogP contribution in [0.25, 0.3) is 0 Å². The van der Waals surface area contributed by atoms with E-state index in [9.17, 15) is 0 Å². The zero-order chi connectivity index (χ0) is 9.91. The van der Waals surface area contributed by atoms with Crippen LogP contribution in [0.5, 0.6) is 0 Å². The molecule has 1 heterocycles. The van der Waals surface area contributed by atoms with Crippen LogP contribution in [0.1, 0.15) is 53.9 Å². The summed E-state index contributed by atoms with van der Waals surface area (Å²) in [7, 11) is 0. The van der Waals surface area contributed by atoms with Crippen molar-refractivity contribution in [3.63, 3.8) is 0 Å². The van der Waals surface area contributed by atoms with E-state index < -0.39 is 0 Å². The van der Waals surface area contributed by atoms with Gasteiger partial charge in [-0.2, -0.15) is 0 Å². The predicted octanol–water partition coefficient (Wildman–Crippen LogP) is 3.38. The zero-order valence-electron chi connectivity index (χ0n) is 9.61. The van der Waals surface area contributed by atoms with Crippen LogP contribution in [0.3, 0.4) is 0 Å². The Labute approximate surface area is 81.9 Å². The maximum Gasteiger partial charge on any atom is 0.0693 e. The molecule has 0 aromatic carbocycles. The van der Waals surface area contributed by atoms with Gasteiger partial charge in [0.05, 0.1) is 11.2 Å². The first-order valence-electron chi connectivity index (χ1n) is 5.49. The Kier molecular flexibility index (Phi) is 1.69. The highest BCUT2D eigenvalue weighted by molar-refractivity contribution is 5.09. The summed E-state index contributed by atoms with van der Waals surface area (Å²) < 4.78 is 6.28.